The standard InChI is InChI=1S/C19H17NO5/c1-20-7-6-9-8-12(25-3)19(23)15-13(9)16(20)17(21)10-4-5-11(24-2)18(22)14(10)15/h4-6,8,22-23H,7H2,1-3H3. The first-order valence-corrected chi connectivity index (χ1v) is 7.90. The van der Waals surface area contributed by atoms with Crippen LogP contribution in [0.5, 0.6) is 23.0 Å². The Morgan fingerprint density at radius 1 is 1.16 bits per heavy atom. The summed E-state index contributed by atoms with van der Waals surface area (Å²) in [6, 6.07) is 4.78. The maximum Gasteiger partial charge on any atom is 0.247 e. The van der Waals surface area contributed by atoms with Crippen molar-refractivity contribution in [2.45, 2.75) is 0 Å². The van der Waals surface area contributed by atoms with E-state index in [4.69, 9.17) is 9.47 Å². The normalized spacial score (nSPS) is 17.5. The van der Waals surface area contributed by atoms with Crippen LogP contribution < -0.4 is 29.9 Å². The monoisotopic (exact) mass is 339 g/mol. The van der Waals surface area contributed by atoms with Gasteiger partial charge in [0.05, 0.1) is 26.5 Å². The highest BCUT2D eigenvalue weighted by Crippen LogP contribution is 2.44. The molecule has 2 aromatic carbocycles. The van der Waals surface area contributed by atoms with Crippen molar-refractivity contribution in [1.29, 1.82) is 0 Å². The summed E-state index contributed by atoms with van der Waals surface area (Å²) in [5.41, 5.74) is 1.37. The largest absolute Gasteiger partial charge is 0.870 e. The van der Waals surface area contributed by atoms with Crippen LogP contribution in [0.15, 0.2) is 18.2 Å². The van der Waals surface area contributed by atoms with Gasteiger partial charge in [-0.2, -0.15) is 0 Å². The minimum absolute atomic E-state index is 0.183. The zero-order valence-corrected chi connectivity index (χ0v) is 14.1. The van der Waals surface area contributed by atoms with Crippen LogP contribution in [0.2, 0.25) is 0 Å². The predicted molar refractivity (Wildman–Crippen MR) is 89.3 cm³/mol. The van der Waals surface area contributed by atoms with Crippen molar-refractivity contribution in [3.8, 4) is 34.1 Å². The number of methoxy groups -OCH3 is 2. The number of fused-ring (bicyclic) bond motifs is 2. The lowest BCUT2D eigenvalue weighted by Crippen LogP contribution is -3.08. The van der Waals surface area contributed by atoms with Crippen LogP contribution in [0.3, 0.4) is 0 Å². The molecule has 25 heavy (non-hydrogen) atoms. The van der Waals surface area contributed by atoms with Gasteiger partial charge < -0.3 is 19.7 Å². The summed E-state index contributed by atoms with van der Waals surface area (Å²) in [6.07, 6.45) is 1.97. The van der Waals surface area contributed by atoms with Crippen LogP contribution in [0.4, 0.5) is 0 Å². The molecule has 2 aromatic rings. The molecule has 128 valence electrons. The number of carbonyl (C=O) groups excluding carboxylic acids is 1. The molecule has 4 rings (SSSR count). The Balaban J connectivity index is 2.28. The van der Waals surface area contributed by atoms with Crippen molar-refractivity contribution in [2.75, 3.05) is 27.8 Å². The second-order valence-electron chi connectivity index (χ2n) is 6.18. The molecule has 0 saturated carbocycles. The van der Waals surface area contributed by atoms with Gasteiger partial charge >= 0.3 is 0 Å². The highest BCUT2D eigenvalue weighted by atomic mass is 16.5. The summed E-state index contributed by atoms with van der Waals surface area (Å²) >= 11 is 0. The number of ketones is 1. The molecule has 1 aliphatic heterocycles. The zero-order valence-electron chi connectivity index (χ0n) is 14.1. The molecule has 1 heterocycles. The fourth-order valence-electron chi connectivity index (χ4n) is 3.68. The highest BCUT2D eigenvalue weighted by molar-refractivity contribution is 6.27. The third kappa shape index (κ3) is 1.91. The van der Waals surface area contributed by atoms with Crippen molar-refractivity contribution < 1.29 is 29.4 Å². The summed E-state index contributed by atoms with van der Waals surface area (Å²) in [6.45, 7) is 0.631. The number of likely N-dealkylation sites (N-methyl/N-ethyl adjacent to an activating group) is 1. The quantitative estimate of drug-likeness (QED) is 0.715. The third-order valence-corrected chi connectivity index (χ3v) is 4.88. The molecule has 0 aromatic heterocycles. The van der Waals surface area contributed by atoms with E-state index in [1.165, 1.54) is 20.3 Å². The average Bonchev–Trinajstić information content (AvgIpc) is 2.61. The minimum Gasteiger partial charge on any atom is -0.870 e. The van der Waals surface area contributed by atoms with Gasteiger partial charge in [0.2, 0.25) is 5.78 Å². The number of hydrogen-bond donors (Lipinski definition) is 2. The predicted octanol–water partition coefficient (Wildman–Crippen LogP) is -1.24. The Kier molecular flexibility index (Phi) is 3.27. The number of carbonyl (C=O) groups is 1. The summed E-state index contributed by atoms with van der Waals surface area (Å²) in [7, 11) is 4.75. The zero-order chi connectivity index (χ0) is 17.9. The maximum absolute atomic E-state index is 13.1. The van der Waals surface area contributed by atoms with Crippen molar-refractivity contribution >= 4 is 17.6 Å². The summed E-state index contributed by atoms with van der Waals surface area (Å²) < 4.78 is 10.4. The molecule has 2 N–H and O–H groups in total. The molecule has 0 bridgehead atoms. The van der Waals surface area contributed by atoms with Gasteiger partial charge in [0.1, 0.15) is 12.3 Å². The minimum atomic E-state index is -0.348. The highest BCUT2D eigenvalue weighted by Gasteiger charge is 2.35. The first-order chi connectivity index (χ1) is 12.0. The molecule has 6 nitrogen and oxygen atoms in total. The fraction of sp³-hybridized carbons (Fsp3) is 0.211. The van der Waals surface area contributed by atoms with Crippen molar-refractivity contribution in [1.82, 2.24) is 0 Å². The number of ether oxygens (including phenoxy) is 2. The van der Waals surface area contributed by atoms with Crippen molar-refractivity contribution in [3.63, 3.8) is 0 Å². The molecule has 1 aliphatic carbocycles. The van der Waals surface area contributed by atoms with E-state index in [2.05, 4.69) is 0 Å². The number of Topliss-reactive ketones (excluding diaryl/α,β-unsaturated/α-hetero) is 1. The summed E-state index contributed by atoms with van der Waals surface area (Å²) in [4.78, 5) is 14.0. The number of hydrogen-bond acceptors (Lipinski definition) is 5. The maximum atomic E-state index is 13.1. The van der Waals surface area contributed by atoms with E-state index in [0.29, 0.717) is 28.6 Å². The Morgan fingerprint density at radius 2 is 1.88 bits per heavy atom. The lowest BCUT2D eigenvalue weighted by Gasteiger charge is -2.29. The van der Waals surface area contributed by atoms with Gasteiger partial charge in [0, 0.05) is 11.1 Å². The Labute approximate surface area is 143 Å². The topological polar surface area (TPSA) is 83.3 Å². The summed E-state index contributed by atoms with van der Waals surface area (Å²) in [5.74, 6) is -0.336. The van der Waals surface area contributed by atoms with Crippen LogP contribution >= 0.6 is 0 Å². The van der Waals surface area contributed by atoms with Gasteiger partial charge in [-0.1, -0.05) is 5.75 Å². The van der Waals surface area contributed by atoms with E-state index in [-0.39, 0.29) is 34.3 Å². The second kappa shape index (κ2) is 5.26. The Morgan fingerprint density at radius 3 is 2.56 bits per heavy atom. The average molecular weight is 339 g/mol. The van der Waals surface area contributed by atoms with Gasteiger partial charge in [-0.05, 0) is 35.1 Å². The first-order valence-electron chi connectivity index (χ1n) is 7.90. The summed E-state index contributed by atoms with van der Waals surface area (Å²) in [5, 5.41) is 25.0. The number of quaternary nitrogens is 1. The number of aromatic hydroxyl groups is 1. The van der Waals surface area contributed by atoms with Gasteiger partial charge in [-0.25, -0.2) is 0 Å². The van der Waals surface area contributed by atoms with Crippen LogP contribution in [0.25, 0.3) is 22.9 Å². The van der Waals surface area contributed by atoms with Gasteiger partial charge in [0.15, 0.2) is 17.2 Å². The van der Waals surface area contributed by atoms with E-state index in [0.717, 1.165) is 10.1 Å². The van der Waals surface area contributed by atoms with Gasteiger partial charge in [-0.3, -0.25) is 9.69 Å². The fourth-order valence-corrected chi connectivity index (χ4v) is 3.68. The third-order valence-electron chi connectivity index (χ3n) is 4.88. The molecule has 6 heteroatoms. The molecule has 0 fully saturated rings. The van der Waals surface area contributed by atoms with E-state index < -0.39 is 0 Å². The van der Waals surface area contributed by atoms with Crippen LogP contribution in [-0.2, 0) is 0 Å². The number of benzene rings is 2. The van der Waals surface area contributed by atoms with Gasteiger partial charge in [0.25, 0.3) is 0 Å². The number of nitrogens with one attached hydrogen (secondary N) is 1. The number of phenols is 1. The van der Waals surface area contributed by atoms with Crippen molar-refractivity contribution in [2.24, 2.45) is 0 Å². The van der Waals surface area contributed by atoms with Crippen LogP contribution in [0.1, 0.15) is 10.4 Å². The molecule has 0 spiro atoms. The van der Waals surface area contributed by atoms with E-state index in [1.54, 1.807) is 12.1 Å². The van der Waals surface area contributed by atoms with Gasteiger partial charge in [-0.15, -0.1) is 0 Å². The van der Waals surface area contributed by atoms with E-state index in [9.17, 15) is 15.0 Å². The first kappa shape index (κ1) is 15.5. The molecule has 1 unspecified atom stereocenters. The molecule has 0 amide bonds. The van der Waals surface area contributed by atoms with E-state index >= 15 is 0 Å². The molecule has 0 saturated heterocycles. The molecule has 1 atom stereocenters. The van der Waals surface area contributed by atoms with Crippen LogP contribution in [0, 0.1) is 0 Å². The Hall–Kier alpha value is -2.99. The lowest BCUT2D eigenvalue weighted by atomic mass is 9.84. The molecular formula is C19H17NO5. The molecule has 2 aliphatic rings. The second-order valence-corrected chi connectivity index (χ2v) is 6.18. The number of rotatable bonds is 2. The smallest absolute Gasteiger partial charge is 0.247 e. The van der Waals surface area contributed by atoms with E-state index in [1.807, 2.05) is 13.1 Å². The lowest BCUT2D eigenvalue weighted by molar-refractivity contribution is -0.792. The SMILES string of the molecule is COc1cc2c3c(c1[O-])-c1c(ccc(OC)c1O)C(=O)C=3[NH+](C)CC=2. The van der Waals surface area contributed by atoms with Crippen LogP contribution in [-0.4, -0.2) is 38.7 Å². The molecule has 0 radical (unpaired) electrons. The Bertz CT molecular complexity index is 1050. The molecular weight excluding hydrogens is 322 g/mol. The van der Waals surface area contributed by atoms with Crippen molar-refractivity contribution in [3.05, 3.63) is 34.2 Å². The number of phenolic OH excluding ortho intramolecular Hbond substituents is 1.